The molecule has 2 atom stereocenters. The summed E-state index contributed by atoms with van der Waals surface area (Å²) in [5.74, 6) is 0.799. The Morgan fingerprint density at radius 2 is 1.89 bits per heavy atom. The first-order valence-corrected chi connectivity index (χ1v) is 6.88. The number of rotatable bonds is 0. The summed E-state index contributed by atoms with van der Waals surface area (Å²) in [6.45, 7) is 0. The molecule has 0 amide bonds. The Kier molecular flexibility index (Phi) is 1.43. The van der Waals surface area contributed by atoms with Crippen LogP contribution < -0.4 is 5.32 Å². The van der Waals surface area contributed by atoms with Crippen molar-refractivity contribution < 1.29 is 0 Å². The molecule has 2 bridgehead atoms. The third kappa shape index (κ3) is 0.848. The molecular formula is C17H15N. The van der Waals surface area contributed by atoms with Gasteiger partial charge in [0.15, 0.2) is 0 Å². The number of benzene rings is 2. The van der Waals surface area contributed by atoms with Gasteiger partial charge < -0.3 is 5.32 Å². The Labute approximate surface area is 107 Å². The monoisotopic (exact) mass is 233 g/mol. The fourth-order valence-electron chi connectivity index (χ4n) is 4.62. The highest BCUT2D eigenvalue weighted by Crippen LogP contribution is 2.64. The maximum absolute atomic E-state index is 3.63. The first-order chi connectivity index (χ1) is 8.88. The van der Waals surface area contributed by atoms with Crippen LogP contribution in [0.3, 0.4) is 0 Å². The Balaban J connectivity index is 1.92. The maximum Gasteiger partial charge on any atom is 0.0428 e. The first-order valence-electron chi connectivity index (χ1n) is 6.88. The third-order valence-electron chi connectivity index (χ3n) is 5.24. The minimum absolute atomic E-state index is 0.332. The quantitative estimate of drug-likeness (QED) is 0.715. The Morgan fingerprint density at radius 1 is 1.00 bits per heavy atom. The van der Waals surface area contributed by atoms with Crippen LogP contribution in [0.15, 0.2) is 42.5 Å². The van der Waals surface area contributed by atoms with Crippen LogP contribution in [0, 0.1) is 0 Å². The molecule has 2 aliphatic carbocycles. The van der Waals surface area contributed by atoms with Gasteiger partial charge in [0.25, 0.3) is 0 Å². The van der Waals surface area contributed by atoms with Crippen molar-refractivity contribution >= 4 is 11.4 Å². The van der Waals surface area contributed by atoms with E-state index in [4.69, 9.17) is 0 Å². The molecule has 1 spiro atoms. The highest BCUT2D eigenvalue weighted by Gasteiger charge is 2.53. The molecule has 0 aromatic heterocycles. The van der Waals surface area contributed by atoms with Gasteiger partial charge in [0.1, 0.15) is 0 Å². The van der Waals surface area contributed by atoms with E-state index in [0.29, 0.717) is 5.41 Å². The molecule has 3 aliphatic rings. The van der Waals surface area contributed by atoms with E-state index in [1.54, 1.807) is 11.1 Å². The van der Waals surface area contributed by atoms with E-state index < -0.39 is 0 Å². The molecule has 2 aromatic carbocycles. The lowest BCUT2D eigenvalue weighted by Crippen LogP contribution is -2.28. The fraction of sp³-hybridized carbons (Fsp3) is 0.294. The average molecular weight is 233 g/mol. The highest BCUT2D eigenvalue weighted by atomic mass is 14.9. The summed E-state index contributed by atoms with van der Waals surface area (Å²) >= 11 is 0. The van der Waals surface area contributed by atoms with Crippen LogP contribution in [-0.4, -0.2) is 0 Å². The molecule has 0 saturated heterocycles. The van der Waals surface area contributed by atoms with Crippen molar-refractivity contribution in [2.24, 2.45) is 0 Å². The van der Waals surface area contributed by atoms with Gasteiger partial charge in [0.2, 0.25) is 0 Å². The van der Waals surface area contributed by atoms with E-state index >= 15 is 0 Å². The molecule has 1 fully saturated rings. The summed E-state index contributed by atoms with van der Waals surface area (Å²) in [6, 6.07) is 15.7. The molecule has 1 heterocycles. The van der Waals surface area contributed by atoms with Crippen LogP contribution in [0.1, 0.15) is 41.9 Å². The summed E-state index contributed by atoms with van der Waals surface area (Å²) in [7, 11) is 0. The van der Waals surface area contributed by atoms with Gasteiger partial charge in [0, 0.05) is 16.8 Å². The van der Waals surface area contributed by atoms with Crippen LogP contribution in [-0.2, 0) is 5.41 Å². The van der Waals surface area contributed by atoms with E-state index in [1.165, 1.54) is 36.2 Å². The van der Waals surface area contributed by atoms with Gasteiger partial charge >= 0.3 is 0 Å². The van der Waals surface area contributed by atoms with Gasteiger partial charge in [-0.15, -0.1) is 0 Å². The summed E-state index contributed by atoms with van der Waals surface area (Å²) in [5.41, 5.74) is 7.77. The van der Waals surface area contributed by atoms with Crippen LogP contribution in [0.5, 0.6) is 0 Å². The summed E-state index contributed by atoms with van der Waals surface area (Å²) in [5, 5.41) is 3.63. The number of para-hydroxylation sites is 1. The number of hydrogen-bond acceptors (Lipinski definition) is 1. The summed E-state index contributed by atoms with van der Waals surface area (Å²) in [4.78, 5) is 0. The lowest BCUT2D eigenvalue weighted by molar-refractivity contribution is 0.548. The van der Waals surface area contributed by atoms with Gasteiger partial charge in [0.05, 0.1) is 0 Å². The zero-order valence-corrected chi connectivity index (χ0v) is 10.2. The molecule has 88 valence electrons. The van der Waals surface area contributed by atoms with E-state index in [-0.39, 0.29) is 0 Å². The van der Waals surface area contributed by atoms with Gasteiger partial charge in [-0.2, -0.15) is 0 Å². The lowest BCUT2D eigenvalue weighted by Gasteiger charge is -2.37. The SMILES string of the molecule is c1ccc2c(c1)Nc1cccc3c1C21CCC3C1. The van der Waals surface area contributed by atoms with Crippen molar-refractivity contribution in [2.75, 3.05) is 5.32 Å². The molecule has 1 saturated carbocycles. The van der Waals surface area contributed by atoms with Crippen molar-refractivity contribution in [1.82, 2.24) is 0 Å². The first kappa shape index (κ1) is 9.21. The Bertz CT molecular complexity index is 673. The topological polar surface area (TPSA) is 12.0 Å². The molecule has 1 aliphatic heterocycles. The lowest BCUT2D eigenvalue weighted by atomic mass is 9.71. The molecule has 1 N–H and O–H groups in total. The van der Waals surface area contributed by atoms with Crippen LogP contribution in [0.2, 0.25) is 0 Å². The number of nitrogens with one attached hydrogen (secondary N) is 1. The van der Waals surface area contributed by atoms with Crippen LogP contribution in [0.4, 0.5) is 11.4 Å². The summed E-state index contributed by atoms with van der Waals surface area (Å²) < 4.78 is 0. The average Bonchev–Trinajstić information content (AvgIpc) is 2.97. The predicted molar refractivity (Wildman–Crippen MR) is 73.5 cm³/mol. The largest absolute Gasteiger partial charge is 0.355 e. The molecule has 2 unspecified atom stereocenters. The van der Waals surface area contributed by atoms with Crippen molar-refractivity contribution in [1.29, 1.82) is 0 Å². The van der Waals surface area contributed by atoms with Crippen molar-refractivity contribution in [3.63, 3.8) is 0 Å². The maximum atomic E-state index is 3.63. The number of fused-ring (bicyclic) bond motifs is 3. The van der Waals surface area contributed by atoms with E-state index in [9.17, 15) is 0 Å². The smallest absolute Gasteiger partial charge is 0.0428 e. The number of hydrogen-bond donors (Lipinski definition) is 1. The minimum Gasteiger partial charge on any atom is -0.355 e. The van der Waals surface area contributed by atoms with Gasteiger partial charge in [-0.3, -0.25) is 0 Å². The zero-order valence-electron chi connectivity index (χ0n) is 10.2. The highest BCUT2D eigenvalue weighted by molar-refractivity contribution is 5.79. The van der Waals surface area contributed by atoms with Gasteiger partial charge in [-0.05, 0) is 54.0 Å². The van der Waals surface area contributed by atoms with Crippen LogP contribution >= 0.6 is 0 Å². The second kappa shape index (κ2) is 2.80. The second-order valence-corrected chi connectivity index (χ2v) is 5.96. The molecule has 0 radical (unpaired) electrons. The molecule has 5 rings (SSSR count). The molecular weight excluding hydrogens is 218 g/mol. The Morgan fingerprint density at radius 3 is 2.89 bits per heavy atom. The normalized spacial score (nSPS) is 29.7. The van der Waals surface area contributed by atoms with E-state index in [0.717, 1.165) is 5.92 Å². The van der Waals surface area contributed by atoms with Crippen molar-refractivity contribution in [3.05, 3.63) is 59.2 Å². The molecule has 1 heteroatoms. The Hall–Kier alpha value is -1.76. The number of anilines is 2. The third-order valence-corrected chi connectivity index (χ3v) is 5.24. The van der Waals surface area contributed by atoms with Gasteiger partial charge in [-0.1, -0.05) is 30.3 Å². The van der Waals surface area contributed by atoms with Crippen LogP contribution in [0.25, 0.3) is 0 Å². The van der Waals surface area contributed by atoms with Crippen molar-refractivity contribution in [3.8, 4) is 0 Å². The van der Waals surface area contributed by atoms with Gasteiger partial charge in [-0.25, -0.2) is 0 Å². The predicted octanol–water partition coefficient (Wildman–Crippen LogP) is 4.31. The minimum atomic E-state index is 0.332. The standard InChI is InChI=1S/C17H15N/c1-2-6-14-13(5-1)17-9-8-11(10-17)12-4-3-7-15(18-14)16(12)17/h1-7,11,18H,8-10H2. The van der Waals surface area contributed by atoms with Crippen molar-refractivity contribution in [2.45, 2.75) is 30.6 Å². The fourth-order valence-corrected chi connectivity index (χ4v) is 4.62. The zero-order chi connectivity index (χ0) is 11.7. The van der Waals surface area contributed by atoms with E-state index in [2.05, 4.69) is 47.8 Å². The second-order valence-electron chi connectivity index (χ2n) is 5.96. The summed E-state index contributed by atoms with van der Waals surface area (Å²) in [6.07, 6.45) is 4.03. The van der Waals surface area contributed by atoms with E-state index in [1.807, 2.05) is 0 Å². The molecule has 18 heavy (non-hydrogen) atoms. The molecule has 2 aromatic rings. The molecule has 1 nitrogen and oxygen atoms in total.